The van der Waals surface area contributed by atoms with E-state index in [1.54, 1.807) is 18.2 Å². The first-order valence-corrected chi connectivity index (χ1v) is 6.90. The van der Waals surface area contributed by atoms with Gasteiger partial charge in [0.25, 0.3) is 5.91 Å². The van der Waals surface area contributed by atoms with Crippen molar-refractivity contribution in [3.05, 3.63) is 57.8 Å². The molecular weight excluding hydrogens is 258 g/mol. The van der Waals surface area contributed by atoms with E-state index in [0.29, 0.717) is 5.56 Å². The number of carbonyl (C=O) groups is 2. The summed E-state index contributed by atoms with van der Waals surface area (Å²) in [5.41, 5.74) is 0.661. The summed E-state index contributed by atoms with van der Waals surface area (Å²) in [6, 6.07) is 12.9. The maximum Gasteiger partial charge on any atom is 0.251 e. The van der Waals surface area contributed by atoms with E-state index in [-0.39, 0.29) is 11.9 Å². The summed E-state index contributed by atoms with van der Waals surface area (Å²) < 4.78 is 0. The van der Waals surface area contributed by atoms with Crippen LogP contribution in [-0.2, 0) is 6.42 Å². The van der Waals surface area contributed by atoms with Crippen LogP contribution in [0.3, 0.4) is 0 Å². The molecule has 4 heteroatoms. The van der Waals surface area contributed by atoms with Gasteiger partial charge in [-0.05, 0) is 31.2 Å². The van der Waals surface area contributed by atoms with Crippen LogP contribution in [0, 0.1) is 0 Å². The van der Waals surface area contributed by atoms with Gasteiger partial charge in [0, 0.05) is 22.9 Å². The van der Waals surface area contributed by atoms with Crippen molar-refractivity contribution in [1.29, 1.82) is 0 Å². The van der Waals surface area contributed by atoms with Gasteiger partial charge in [-0.2, -0.15) is 0 Å². The van der Waals surface area contributed by atoms with Gasteiger partial charge in [0.15, 0.2) is 6.29 Å². The van der Waals surface area contributed by atoms with Crippen LogP contribution in [0.15, 0.2) is 42.5 Å². The standard InChI is InChI=1S/C15H15NO2S/c1-11(9-13-7-8-14(10-17)19-13)16-15(18)12-5-3-2-4-6-12/h2-8,10-11H,9H2,1H3,(H,16,18). The lowest BCUT2D eigenvalue weighted by molar-refractivity contribution is 0.0940. The zero-order valence-corrected chi connectivity index (χ0v) is 11.4. The second-order valence-corrected chi connectivity index (χ2v) is 5.57. The van der Waals surface area contributed by atoms with Crippen LogP contribution in [0.25, 0.3) is 0 Å². The lowest BCUT2D eigenvalue weighted by atomic mass is 10.1. The third kappa shape index (κ3) is 3.76. The summed E-state index contributed by atoms with van der Waals surface area (Å²) in [5.74, 6) is -0.0692. The van der Waals surface area contributed by atoms with Gasteiger partial charge in [-0.1, -0.05) is 18.2 Å². The van der Waals surface area contributed by atoms with E-state index in [9.17, 15) is 9.59 Å². The molecule has 0 aliphatic heterocycles. The van der Waals surface area contributed by atoms with Gasteiger partial charge >= 0.3 is 0 Å². The maximum atomic E-state index is 11.9. The molecule has 1 amide bonds. The summed E-state index contributed by atoms with van der Waals surface area (Å²) in [6.45, 7) is 1.96. The van der Waals surface area contributed by atoms with Gasteiger partial charge in [-0.25, -0.2) is 0 Å². The summed E-state index contributed by atoms with van der Waals surface area (Å²) in [4.78, 5) is 24.4. The summed E-state index contributed by atoms with van der Waals surface area (Å²) in [6.07, 6.45) is 1.58. The third-order valence-electron chi connectivity index (χ3n) is 2.72. The van der Waals surface area contributed by atoms with E-state index in [4.69, 9.17) is 0 Å². The molecule has 1 atom stereocenters. The first-order chi connectivity index (χ1) is 9.19. The minimum atomic E-state index is -0.0692. The smallest absolute Gasteiger partial charge is 0.251 e. The fourth-order valence-corrected chi connectivity index (χ4v) is 2.77. The zero-order valence-electron chi connectivity index (χ0n) is 10.6. The van der Waals surface area contributed by atoms with E-state index in [1.165, 1.54) is 11.3 Å². The minimum absolute atomic E-state index is 0.0332. The Bertz CT molecular complexity index is 563. The second-order valence-electron chi connectivity index (χ2n) is 4.37. The van der Waals surface area contributed by atoms with Crippen molar-refractivity contribution >= 4 is 23.5 Å². The zero-order chi connectivity index (χ0) is 13.7. The summed E-state index contributed by atoms with van der Waals surface area (Å²) in [5, 5.41) is 2.95. The Morgan fingerprint density at radius 1 is 1.26 bits per heavy atom. The molecule has 3 nitrogen and oxygen atoms in total. The van der Waals surface area contributed by atoms with Gasteiger partial charge in [0.1, 0.15) is 0 Å². The minimum Gasteiger partial charge on any atom is -0.349 e. The number of nitrogens with one attached hydrogen (secondary N) is 1. The number of hydrogen-bond donors (Lipinski definition) is 1. The van der Waals surface area contributed by atoms with Gasteiger partial charge in [-0.15, -0.1) is 11.3 Å². The highest BCUT2D eigenvalue weighted by atomic mass is 32.1. The number of rotatable bonds is 5. The largest absolute Gasteiger partial charge is 0.349 e. The van der Waals surface area contributed by atoms with Gasteiger partial charge in [0.05, 0.1) is 4.88 Å². The number of hydrogen-bond acceptors (Lipinski definition) is 3. The predicted octanol–water partition coefficient (Wildman–Crippen LogP) is 2.92. The number of carbonyl (C=O) groups excluding carboxylic acids is 2. The molecule has 0 fully saturated rings. The van der Waals surface area contributed by atoms with Crippen molar-refractivity contribution in [2.45, 2.75) is 19.4 Å². The van der Waals surface area contributed by atoms with Gasteiger partial charge in [-0.3, -0.25) is 9.59 Å². The SMILES string of the molecule is CC(Cc1ccc(C=O)s1)NC(=O)c1ccccc1. The Kier molecular flexibility index (Phi) is 4.47. The Hall–Kier alpha value is -1.94. The highest BCUT2D eigenvalue weighted by Gasteiger charge is 2.10. The number of aldehydes is 1. The molecule has 0 bridgehead atoms. The lowest BCUT2D eigenvalue weighted by Gasteiger charge is -2.12. The molecule has 19 heavy (non-hydrogen) atoms. The fraction of sp³-hybridized carbons (Fsp3) is 0.200. The van der Waals surface area contributed by atoms with E-state index in [0.717, 1.165) is 22.5 Å². The van der Waals surface area contributed by atoms with Crippen LogP contribution in [0.1, 0.15) is 31.8 Å². The van der Waals surface area contributed by atoms with Crippen molar-refractivity contribution in [2.24, 2.45) is 0 Å². The van der Waals surface area contributed by atoms with E-state index < -0.39 is 0 Å². The molecule has 0 aliphatic rings. The molecule has 0 radical (unpaired) electrons. The molecule has 1 aromatic heterocycles. The maximum absolute atomic E-state index is 11.9. The number of thiophene rings is 1. The van der Waals surface area contributed by atoms with Crippen molar-refractivity contribution < 1.29 is 9.59 Å². The molecule has 0 spiro atoms. The first-order valence-electron chi connectivity index (χ1n) is 6.09. The molecule has 1 aromatic carbocycles. The molecule has 0 aliphatic carbocycles. The second kappa shape index (κ2) is 6.29. The Morgan fingerprint density at radius 3 is 2.63 bits per heavy atom. The lowest BCUT2D eigenvalue weighted by Crippen LogP contribution is -2.33. The highest BCUT2D eigenvalue weighted by molar-refractivity contribution is 7.13. The van der Waals surface area contributed by atoms with Crippen molar-refractivity contribution in [1.82, 2.24) is 5.32 Å². The molecule has 1 N–H and O–H groups in total. The van der Waals surface area contributed by atoms with Crippen molar-refractivity contribution in [3.63, 3.8) is 0 Å². The van der Waals surface area contributed by atoms with Crippen LogP contribution in [0.4, 0.5) is 0 Å². The average molecular weight is 273 g/mol. The molecule has 2 aromatic rings. The first kappa shape index (κ1) is 13.5. The summed E-state index contributed by atoms with van der Waals surface area (Å²) in [7, 11) is 0. The Morgan fingerprint density at radius 2 is 2.00 bits per heavy atom. The molecule has 1 unspecified atom stereocenters. The average Bonchev–Trinajstić information content (AvgIpc) is 2.87. The fourth-order valence-electron chi connectivity index (χ4n) is 1.82. The molecular formula is C15H15NO2S. The number of benzene rings is 1. The third-order valence-corrected chi connectivity index (χ3v) is 3.75. The van der Waals surface area contributed by atoms with E-state index in [2.05, 4.69) is 5.32 Å². The molecule has 0 saturated carbocycles. The topological polar surface area (TPSA) is 46.2 Å². The van der Waals surface area contributed by atoms with Crippen molar-refractivity contribution in [3.8, 4) is 0 Å². The molecule has 0 saturated heterocycles. The molecule has 1 heterocycles. The van der Waals surface area contributed by atoms with Crippen LogP contribution < -0.4 is 5.32 Å². The van der Waals surface area contributed by atoms with E-state index in [1.807, 2.05) is 31.2 Å². The normalized spacial score (nSPS) is 11.8. The monoisotopic (exact) mass is 273 g/mol. The highest BCUT2D eigenvalue weighted by Crippen LogP contribution is 2.16. The van der Waals surface area contributed by atoms with Crippen LogP contribution in [0.5, 0.6) is 0 Å². The van der Waals surface area contributed by atoms with E-state index >= 15 is 0 Å². The quantitative estimate of drug-likeness (QED) is 0.851. The van der Waals surface area contributed by atoms with Gasteiger partial charge < -0.3 is 5.32 Å². The van der Waals surface area contributed by atoms with Crippen LogP contribution >= 0.6 is 11.3 Å². The summed E-state index contributed by atoms with van der Waals surface area (Å²) >= 11 is 1.46. The predicted molar refractivity (Wildman–Crippen MR) is 76.8 cm³/mol. The van der Waals surface area contributed by atoms with Gasteiger partial charge in [0.2, 0.25) is 0 Å². The Balaban J connectivity index is 1.92. The Labute approximate surface area is 116 Å². The van der Waals surface area contributed by atoms with Crippen LogP contribution in [0.2, 0.25) is 0 Å². The number of amides is 1. The van der Waals surface area contributed by atoms with Crippen molar-refractivity contribution in [2.75, 3.05) is 0 Å². The molecule has 2 rings (SSSR count). The molecule has 98 valence electrons. The van der Waals surface area contributed by atoms with Crippen LogP contribution in [-0.4, -0.2) is 18.2 Å².